The van der Waals surface area contributed by atoms with Gasteiger partial charge in [0.15, 0.2) is 0 Å². The van der Waals surface area contributed by atoms with Crippen molar-refractivity contribution in [3.63, 3.8) is 0 Å². The number of likely N-dealkylation sites (tertiary alicyclic amines) is 1. The van der Waals surface area contributed by atoms with Crippen LogP contribution in [0.15, 0.2) is 0 Å². The molecule has 4 heteroatoms. The lowest BCUT2D eigenvalue weighted by Gasteiger charge is -2.32. The molecule has 2 fully saturated rings. The lowest BCUT2D eigenvalue weighted by Crippen LogP contribution is -2.42. The lowest BCUT2D eigenvalue weighted by molar-refractivity contribution is -0.132. The number of carbonyl (C=O) groups excluding carboxylic acids is 1. The van der Waals surface area contributed by atoms with Crippen LogP contribution >= 0.6 is 11.8 Å². The molecule has 0 spiro atoms. The van der Waals surface area contributed by atoms with Crippen LogP contribution in [0.25, 0.3) is 0 Å². The number of aliphatic hydroxyl groups excluding tert-OH is 1. The molecule has 1 amide bonds. The number of piperidine rings is 1. The minimum Gasteiger partial charge on any atom is -0.396 e. The number of nitrogens with zero attached hydrogens (tertiary/aromatic N) is 1. The number of rotatable bonds is 2. The second kappa shape index (κ2) is 5.21. The first kappa shape index (κ1) is 11.3. The number of aliphatic hydroxyl groups is 1. The lowest BCUT2D eigenvalue weighted by atomic mass is 9.97. The fourth-order valence-electron chi connectivity index (χ4n) is 2.31. The van der Waals surface area contributed by atoms with Crippen LogP contribution in [0.4, 0.5) is 0 Å². The van der Waals surface area contributed by atoms with Gasteiger partial charge in [0.25, 0.3) is 0 Å². The number of hydrogen-bond donors (Lipinski definition) is 1. The molecule has 1 unspecified atom stereocenters. The maximum Gasteiger partial charge on any atom is 0.235 e. The van der Waals surface area contributed by atoms with Crippen molar-refractivity contribution < 1.29 is 9.90 Å². The van der Waals surface area contributed by atoms with E-state index in [1.54, 1.807) is 0 Å². The Morgan fingerprint density at radius 1 is 1.33 bits per heavy atom. The molecule has 0 aromatic heterocycles. The SMILES string of the molecule is O=C(C1CCCS1)N1CCC(CO)CC1. The Bertz CT molecular complexity index is 221. The smallest absolute Gasteiger partial charge is 0.235 e. The van der Waals surface area contributed by atoms with Crippen molar-refractivity contribution in [2.45, 2.75) is 30.9 Å². The maximum atomic E-state index is 12.0. The third-order valence-corrected chi connectivity index (χ3v) is 4.75. The minimum absolute atomic E-state index is 0.232. The van der Waals surface area contributed by atoms with E-state index in [0.29, 0.717) is 11.8 Å². The molecular formula is C11H19NO2S. The Morgan fingerprint density at radius 2 is 2.07 bits per heavy atom. The van der Waals surface area contributed by atoms with E-state index in [1.165, 1.54) is 6.42 Å². The molecular weight excluding hydrogens is 210 g/mol. The summed E-state index contributed by atoms with van der Waals surface area (Å²) < 4.78 is 0. The average Bonchev–Trinajstić information content (AvgIpc) is 2.82. The van der Waals surface area contributed by atoms with Gasteiger partial charge in [-0.2, -0.15) is 0 Å². The van der Waals surface area contributed by atoms with Gasteiger partial charge < -0.3 is 10.0 Å². The van der Waals surface area contributed by atoms with Crippen molar-refractivity contribution in [3.8, 4) is 0 Å². The molecule has 2 aliphatic heterocycles. The normalized spacial score (nSPS) is 28.3. The van der Waals surface area contributed by atoms with E-state index in [0.717, 1.165) is 38.1 Å². The van der Waals surface area contributed by atoms with Gasteiger partial charge in [-0.1, -0.05) is 0 Å². The molecule has 2 heterocycles. The first-order valence-corrected chi connectivity index (χ1v) is 6.87. The highest BCUT2D eigenvalue weighted by molar-refractivity contribution is 8.00. The Labute approximate surface area is 95.2 Å². The van der Waals surface area contributed by atoms with Crippen molar-refractivity contribution in [2.24, 2.45) is 5.92 Å². The molecule has 2 aliphatic rings. The number of carbonyl (C=O) groups is 1. The predicted molar refractivity (Wildman–Crippen MR) is 61.9 cm³/mol. The molecule has 3 nitrogen and oxygen atoms in total. The Kier molecular flexibility index (Phi) is 3.92. The monoisotopic (exact) mass is 229 g/mol. The second-order valence-corrected chi connectivity index (χ2v) is 5.76. The molecule has 15 heavy (non-hydrogen) atoms. The van der Waals surface area contributed by atoms with Crippen LogP contribution in [-0.2, 0) is 4.79 Å². The zero-order valence-electron chi connectivity index (χ0n) is 9.02. The minimum atomic E-state index is 0.232. The topological polar surface area (TPSA) is 40.5 Å². The van der Waals surface area contributed by atoms with Gasteiger partial charge in [-0.3, -0.25) is 4.79 Å². The predicted octanol–water partition coefficient (Wildman–Crippen LogP) is 1.11. The molecule has 1 atom stereocenters. The highest BCUT2D eigenvalue weighted by Gasteiger charge is 2.30. The van der Waals surface area contributed by atoms with Crippen LogP contribution in [0.2, 0.25) is 0 Å². The largest absolute Gasteiger partial charge is 0.396 e. The Balaban J connectivity index is 1.81. The molecule has 86 valence electrons. The fraction of sp³-hybridized carbons (Fsp3) is 0.909. The first-order valence-electron chi connectivity index (χ1n) is 5.82. The summed E-state index contributed by atoms with van der Waals surface area (Å²) in [6, 6.07) is 0. The van der Waals surface area contributed by atoms with Crippen molar-refractivity contribution in [2.75, 3.05) is 25.4 Å². The van der Waals surface area contributed by atoms with Crippen molar-refractivity contribution in [1.29, 1.82) is 0 Å². The zero-order chi connectivity index (χ0) is 10.7. The average molecular weight is 229 g/mol. The summed E-state index contributed by atoms with van der Waals surface area (Å²) in [5.41, 5.74) is 0. The molecule has 0 radical (unpaired) electrons. The summed E-state index contributed by atoms with van der Waals surface area (Å²) in [6.07, 6.45) is 4.19. The van der Waals surface area contributed by atoms with E-state index in [1.807, 2.05) is 16.7 Å². The molecule has 0 aromatic rings. The highest BCUT2D eigenvalue weighted by Crippen LogP contribution is 2.29. The maximum absolute atomic E-state index is 12.0. The van der Waals surface area contributed by atoms with E-state index >= 15 is 0 Å². The summed E-state index contributed by atoms with van der Waals surface area (Å²) in [5.74, 6) is 1.91. The zero-order valence-corrected chi connectivity index (χ0v) is 9.84. The molecule has 2 rings (SSSR count). The molecule has 1 N–H and O–H groups in total. The second-order valence-electron chi connectivity index (χ2n) is 4.45. The Morgan fingerprint density at radius 3 is 2.60 bits per heavy atom. The number of thioether (sulfide) groups is 1. The van der Waals surface area contributed by atoms with Gasteiger partial charge in [-0.15, -0.1) is 11.8 Å². The van der Waals surface area contributed by atoms with Crippen LogP contribution in [-0.4, -0.2) is 46.6 Å². The Hall–Kier alpha value is -0.220. The van der Waals surface area contributed by atoms with Crippen LogP contribution in [0.5, 0.6) is 0 Å². The van der Waals surface area contributed by atoms with E-state index in [9.17, 15) is 4.79 Å². The van der Waals surface area contributed by atoms with E-state index in [2.05, 4.69) is 0 Å². The van der Waals surface area contributed by atoms with Gasteiger partial charge in [-0.25, -0.2) is 0 Å². The molecule has 2 saturated heterocycles. The molecule has 0 bridgehead atoms. The first-order chi connectivity index (χ1) is 7.31. The fourth-order valence-corrected chi connectivity index (χ4v) is 3.55. The van der Waals surface area contributed by atoms with E-state index in [-0.39, 0.29) is 11.9 Å². The summed E-state index contributed by atoms with van der Waals surface area (Å²) in [4.78, 5) is 14.0. The quantitative estimate of drug-likeness (QED) is 0.771. The standard InChI is InChI=1S/C11H19NO2S/c13-8-9-3-5-12(6-4-9)11(14)10-2-1-7-15-10/h9-10,13H,1-8H2. The molecule has 0 aliphatic carbocycles. The number of amides is 1. The summed E-state index contributed by atoms with van der Waals surface area (Å²) in [6.45, 7) is 1.97. The summed E-state index contributed by atoms with van der Waals surface area (Å²) in [7, 11) is 0. The molecule has 0 saturated carbocycles. The van der Waals surface area contributed by atoms with Gasteiger partial charge in [0.05, 0.1) is 5.25 Å². The van der Waals surface area contributed by atoms with Gasteiger partial charge in [0.1, 0.15) is 0 Å². The summed E-state index contributed by atoms with van der Waals surface area (Å²) in [5, 5.41) is 9.25. The van der Waals surface area contributed by atoms with Crippen LogP contribution in [0.1, 0.15) is 25.7 Å². The van der Waals surface area contributed by atoms with Gasteiger partial charge >= 0.3 is 0 Å². The van der Waals surface area contributed by atoms with Gasteiger partial charge in [0.2, 0.25) is 5.91 Å². The van der Waals surface area contributed by atoms with Crippen LogP contribution in [0, 0.1) is 5.92 Å². The third-order valence-electron chi connectivity index (χ3n) is 3.39. The highest BCUT2D eigenvalue weighted by atomic mass is 32.2. The van der Waals surface area contributed by atoms with E-state index < -0.39 is 0 Å². The van der Waals surface area contributed by atoms with Crippen molar-refractivity contribution in [3.05, 3.63) is 0 Å². The number of hydrogen-bond acceptors (Lipinski definition) is 3. The van der Waals surface area contributed by atoms with Gasteiger partial charge in [0, 0.05) is 19.7 Å². The van der Waals surface area contributed by atoms with Crippen molar-refractivity contribution in [1.82, 2.24) is 4.90 Å². The van der Waals surface area contributed by atoms with E-state index in [4.69, 9.17) is 5.11 Å². The summed E-state index contributed by atoms with van der Waals surface area (Å²) >= 11 is 1.81. The third kappa shape index (κ3) is 2.67. The molecule has 0 aromatic carbocycles. The van der Waals surface area contributed by atoms with Crippen LogP contribution in [0.3, 0.4) is 0 Å². The van der Waals surface area contributed by atoms with Gasteiger partial charge in [-0.05, 0) is 37.4 Å². The van der Waals surface area contributed by atoms with Crippen LogP contribution < -0.4 is 0 Å². The van der Waals surface area contributed by atoms with Crippen molar-refractivity contribution >= 4 is 17.7 Å².